The fourth-order valence-electron chi connectivity index (χ4n) is 4.22. The highest BCUT2D eigenvalue weighted by Gasteiger charge is 2.30. The normalized spacial score (nSPS) is 12.0. The van der Waals surface area contributed by atoms with E-state index in [0.717, 1.165) is 27.3 Å². The molecule has 9 heteroatoms. The second-order valence-corrected chi connectivity index (χ2v) is 11.1. The Bertz CT molecular complexity index is 1310. The van der Waals surface area contributed by atoms with Gasteiger partial charge >= 0.3 is 0 Å². The van der Waals surface area contributed by atoms with Gasteiger partial charge in [-0.15, -0.1) is 0 Å². The van der Waals surface area contributed by atoms with Gasteiger partial charge in [0.15, 0.2) is 0 Å². The van der Waals surface area contributed by atoms with E-state index in [-0.39, 0.29) is 37.7 Å². The molecule has 0 saturated carbocycles. The molecule has 7 nitrogen and oxygen atoms in total. The van der Waals surface area contributed by atoms with Crippen LogP contribution in [0.1, 0.15) is 29.5 Å². The van der Waals surface area contributed by atoms with Crippen LogP contribution in [-0.4, -0.2) is 51.0 Å². The Morgan fingerprint density at radius 1 is 0.921 bits per heavy atom. The van der Waals surface area contributed by atoms with Gasteiger partial charge in [0.2, 0.25) is 21.8 Å². The van der Waals surface area contributed by atoms with Gasteiger partial charge in [0.25, 0.3) is 0 Å². The zero-order valence-corrected chi connectivity index (χ0v) is 22.7. The molecular formula is C29H34FN3O4S. The van der Waals surface area contributed by atoms with E-state index in [1.54, 1.807) is 11.9 Å². The number of carbonyl (C=O) groups is 2. The van der Waals surface area contributed by atoms with E-state index >= 15 is 0 Å². The minimum atomic E-state index is -3.65. The first-order valence-corrected chi connectivity index (χ1v) is 14.3. The fourth-order valence-corrected chi connectivity index (χ4v) is 5.19. The highest BCUT2D eigenvalue weighted by atomic mass is 32.2. The maximum Gasteiger partial charge on any atom is 0.242 e. The highest BCUT2D eigenvalue weighted by Crippen LogP contribution is 2.20. The van der Waals surface area contributed by atoms with Crippen LogP contribution in [0.2, 0.25) is 0 Å². The summed E-state index contributed by atoms with van der Waals surface area (Å²) in [7, 11) is -2.11. The molecule has 0 heterocycles. The number of nitrogens with one attached hydrogen (secondary N) is 1. The summed E-state index contributed by atoms with van der Waals surface area (Å²) in [6, 6.07) is 21.7. The molecule has 0 aromatic heterocycles. The van der Waals surface area contributed by atoms with Crippen LogP contribution in [0.5, 0.6) is 0 Å². The van der Waals surface area contributed by atoms with Gasteiger partial charge in [-0.3, -0.25) is 13.9 Å². The number of anilines is 1. The van der Waals surface area contributed by atoms with E-state index in [1.807, 2.05) is 61.5 Å². The number of carbonyl (C=O) groups excluding carboxylic acids is 2. The maximum absolute atomic E-state index is 13.6. The average molecular weight is 540 g/mol. The number of aryl methyl sites for hydroxylation is 1. The van der Waals surface area contributed by atoms with Gasteiger partial charge in [0.1, 0.15) is 11.9 Å². The number of benzene rings is 3. The minimum Gasteiger partial charge on any atom is -0.357 e. The monoisotopic (exact) mass is 539 g/mol. The Morgan fingerprint density at radius 3 is 2.13 bits per heavy atom. The second kappa shape index (κ2) is 13.2. The molecule has 3 rings (SSSR count). The molecule has 0 bridgehead atoms. The van der Waals surface area contributed by atoms with E-state index in [0.29, 0.717) is 12.1 Å². The van der Waals surface area contributed by atoms with Crippen LogP contribution >= 0.6 is 0 Å². The van der Waals surface area contributed by atoms with Gasteiger partial charge in [-0.2, -0.15) is 0 Å². The molecule has 3 aromatic rings. The zero-order valence-electron chi connectivity index (χ0n) is 21.9. The quantitative estimate of drug-likeness (QED) is 0.376. The predicted octanol–water partition coefficient (Wildman–Crippen LogP) is 4.07. The lowest BCUT2D eigenvalue weighted by molar-refractivity contribution is -0.141. The molecule has 0 saturated heterocycles. The van der Waals surface area contributed by atoms with Crippen molar-refractivity contribution in [3.05, 3.63) is 101 Å². The van der Waals surface area contributed by atoms with Crippen molar-refractivity contribution in [2.45, 2.75) is 38.8 Å². The lowest BCUT2D eigenvalue weighted by atomic mass is 10.0. The first kappa shape index (κ1) is 28.8. The van der Waals surface area contributed by atoms with Crippen LogP contribution in [0.4, 0.5) is 10.1 Å². The van der Waals surface area contributed by atoms with Crippen LogP contribution in [0.3, 0.4) is 0 Å². The van der Waals surface area contributed by atoms with Gasteiger partial charge in [-0.25, -0.2) is 12.8 Å². The third-order valence-electron chi connectivity index (χ3n) is 6.26. The third-order valence-corrected chi connectivity index (χ3v) is 7.45. The molecule has 3 aromatic carbocycles. The van der Waals surface area contributed by atoms with Crippen molar-refractivity contribution < 1.29 is 22.4 Å². The number of amides is 2. The summed E-state index contributed by atoms with van der Waals surface area (Å²) >= 11 is 0. The number of rotatable bonds is 12. The largest absolute Gasteiger partial charge is 0.357 e. The van der Waals surface area contributed by atoms with Crippen LogP contribution in [0, 0.1) is 12.7 Å². The molecule has 2 amide bonds. The summed E-state index contributed by atoms with van der Waals surface area (Å²) in [6.07, 6.45) is 1.66. The molecule has 0 spiro atoms. The van der Waals surface area contributed by atoms with Gasteiger partial charge in [0, 0.05) is 33.0 Å². The Hall–Kier alpha value is -3.72. The Balaban J connectivity index is 1.83. The van der Waals surface area contributed by atoms with E-state index in [2.05, 4.69) is 5.32 Å². The van der Waals surface area contributed by atoms with Crippen molar-refractivity contribution >= 4 is 27.5 Å². The molecule has 0 aliphatic heterocycles. The van der Waals surface area contributed by atoms with Crippen molar-refractivity contribution in [1.82, 2.24) is 10.2 Å². The fraction of sp³-hybridized carbons (Fsp3) is 0.310. The molecule has 0 unspecified atom stereocenters. The number of sulfonamides is 1. The predicted molar refractivity (Wildman–Crippen MR) is 148 cm³/mol. The first-order valence-electron chi connectivity index (χ1n) is 12.4. The molecule has 0 aliphatic rings. The average Bonchev–Trinajstić information content (AvgIpc) is 2.89. The van der Waals surface area contributed by atoms with Gasteiger partial charge < -0.3 is 10.2 Å². The van der Waals surface area contributed by atoms with E-state index < -0.39 is 21.9 Å². The van der Waals surface area contributed by atoms with Crippen molar-refractivity contribution in [3.63, 3.8) is 0 Å². The lowest BCUT2D eigenvalue weighted by Gasteiger charge is -2.31. The molecule has 0 radical (unpaired) electrons. The van der Waals surface area contributed by atoms with Crippen molar-refractivity contribution in [1.29, 1.82) is 0 Å². The molecule has 0 aliphatic carbocycles. The van der Waals surface area contributed by atoms with Crippen molar-refractivity contribution in [2.24, 2.45) is 0 Å². The molecule has 38 heavy (non-hydrogen) atoms. The minimum absolute atomic E-state index is 0.0291. The van der Waals surface area contributed by atoms with Crippen LogP contribution in [-0.2, 0) is 32.6 Å². The molecule has 1 atom stereocenters. The summed E-state index contributed by atoms with van der Waals surface area (Å²) in [5.41, 5.74) is 3.21. The SMILES string of the molecule is CNC(=O)[C@@H](Cc1ccccc1)N(Cc1ccc(C)cc1)C(=O)CCCN(c1ccc(F)cc1)S(C)(=O)=O. The van der Waals surface area contributed by atoms with Crippen LogP contribution in [0.15, 0.2) is 78.9 Å². The topological polar surface area (TPSA) is 86.8 Å². The van der Waals surface area contributed by atoms with Gasteiger partial charge in [-0.1, -0.05) is 60.2 Å². The molecule has 1 N–H and O–H groups in total. The van der Waals surface area contributed by atoms with Gasteiger partial charge in [-0.05, 0) is 48.7 Å². The van der Waals surface area contributed by atoms with Gasteiger partial charge in [0.05, 0.1) is 11.9 Å². The summed E-state index contributed by atoms with van der Waals surface area (Å²) in [6.45, 7) is 2.25. The number of halogens is 1. The Labute approximate surface area is 224 Å². The Kier molecular flexibility index (Phi) is 10.0. The van der Waals surface area contributed by atoms with E-state index in [1.165, 1.54) is 24.3 Å². The summed E-state index contributed by atoms with van der Waals surface area (Å²) in [5, 5.41) is 2.68. The molecule has 202 valence electrons. The zero-order chi connectivity index (χ0) is 27.7. The first-order chi connectivity index (χ1) is 18.1. The standard InChI is InChI=1S/C29H34FN3O4S/c1-22-11-13-24(14-12-22)21-32(27(29(35)31-2)20-23-8-5-4-6-9-23)28(34)10-7-19-33(38(3,36)37)26-17-15-25(30)16-18-26/h4-6,8-9,11-18,27H,7,10,19-21H2,1-3H3,(H,31,35)/t27-/m1/s1. The van der Waals surface area contributed by atoms with Crippen molar-refractivity contribution in [3.8, 4) is 0 Å². The number of hydrogen-bond donors (Lipinski definition) is 1. The van der Waals surface area contributed by atoms with E-state index in [4.69, 9.17) is 0 Å². The molecular weight excluding hydrogens is 505 g/mol. The number of nitrogens with zero attached hydrogens (tertiary/aromatic N) is 2. The number of hydrogen-bond acceptors (Lipinski definition) is 4. The highest BCUT2D eigenvalue weighted by molar-refractivity contribution is 7.92. The van der Waals surface area contributed by atoms with Crippen LogP contribution < -0.4 is 9.62 Å². The second-order valence-electron chi connectivity index (χ2n) is 9.24. The summed E-state index contributed by atoms with van der Waals surface area (Å²) < 4.78 is 39.4. The molecule has 0 fully saturated rings. The summed E-state index contributed by atoms with van der Waals surface area (Å²) in [5.74, 6) is -1.01. The lowest BCUT2D eigenvalue weighted by Crippen LogP contribution is -2.49. The Morgan fingerprint density at radius 2 is 1.55 bits per heavy atom. The van der Waals surface area contributed by atoms with E-state index in [9.17, 15) is 22.4 Å². The smallest absolute Gasteiger partial charge is 0.242 e. The van der Waals surface area contributed by atoms with Crippen LogP contribution in [0.25, 0.3) is 0 Å². The third kappa shape index (κ3) is 8.14. The van der Waals surface area contributed by atoms with Crippen molar-refractivity contribution in [2.75, 3.05) is 24.2 Å². The number of likely N-dealkylation sites (N-methyl/N-ethyl adjacent to an activating group) is 1. The summed E-state index contributed by atoms with van der Waals surface area (Å²) in [4.78, 5) is 28.2. The maximum atomic E-state index is 13.6.